The van der Waals surface area contributed by atoms with Gasteiger partial charge in [-0.2, -0.15) is 0 Å². The van der Waals surface area contributed by atoms with Crippen molar-refractivity contribution in [2.24, 2.45) is 0 Å². The molecule has 4 aliphatic heterocycles. The third-order valence-electron chi connectivity index (χ3n) is 11.7. The van der Waals surface area contributed by atoms with Crippen LogP contribution in [0.15, 0.2) is 108 Å². The molecular formula is C45H56N8O6. The molecule has 0 bridgehead atoms. The van der Waals surface area contributed by atoms with Gasteiger partial charge in [-0.05, 0) is 41.5 Å². The molecular weight excluding hydrogens is 749 g/mol. The first-order chi connectivity index (χ1) is 28.8. The lowest BCUT2D eigenvalue weighted by Crippen LogP contribution is -2.59. The van der Waals surface area contributed by atoms with Crippen LogP contribution < -0.4 is 31.9 Å². The number of nitrogens with one attached hydrogen (secondary N) is 6. The number of benzene rings is 2. The first kappa shape index (κ1) is 41.6. The summed E-state index contributed by atoms with van der Waals surface area (Å²) in [6, 6.07) is 15.5. The summed E-state index contributed by atoms with van der Waals surface area (Å²) in [6.45, 7) is 4.90. The lowest BCUT2D eigenvalue weighted by Gasteiger charge is -2.39. The number of likely N-dealkylation sites (tertiary alicyclic amines) is 1. The Labute approximate surface area is 345 Å². The summed E-state index contributed by atoms with van der Waals surface area (Å²) in [4.78, 5) is 74.7. The number of morpholine rings is 1. The van der Waals surface area contributed by atoms with E-state index in [9.17, 15) is 24.0 Å². The Morgan fingerprint density at radius 3 is 2.15 bits per heavy atom. The molecule has 14 heteroatoms. The minimum atomic E-state index is -1.23. The summed E-state index contributed by atoms with van der Waals surface area (Å²) < 4.78 is 5.52. The Kier molecular flexibility index (Phi) is 14.4. The van der Waals surface area contributed by atoms with Crippen LogP contribution in [-0.2, 0) is 41.6 Å². The fourth-order valence-corrected chi connectivity index (χ4v) is 8.47. The molecule has 0 radical (unpaired) electrons. The number of rotatable bonds is 10. The van der Waals surface area contributed by atoms with Gasteiger partial charge in [0, 0.05) is 57.8 Å². The molecule has 14 nitrogen and oxygen atoms in total. The van der Waals surface area contributed by atoms with Crippen molar-refractivity contribution < 1.29 is 28.7 Å². The molecule has 5 atom stereocenters. The summed E-state index contributed by atoms with van der Waals surface area (Å²) in [5, 5.41) is 18.0. The van der Waals surface area contributed by atoms with E-state index in [1.807, 2.05) is 97.2 Å². The molecule has 1 aliphatic carbocycles. The van der Waals surface area contributed by atoms with Gasteiger partial charge in [-0.3, -0.25) is 33.8 Å². The van der Waals surface area contributed by atoms with E-state index in [4.69, 9.17) is 4.74 Å². The van der Waals surface area contributed by atoms with Gasteiger partial charge in [0.15, 0.2) is 0 Å². The van der Waals surface area contributed by atoms with E-state index in [1.165, 1.54) is 0 Å². The fourth-order valence-electron chi connectivity index (χ4n) is 8.47. The zero-order valence-corrected chi connectivity index (χ0v) is 33.4. The predicted octanol–water partition coefficient (Wildman–Crippen LogP) is 1.03. The van der Waals surface area contributed by atoms with Crippen LogP contribution in [0.5, 0.6) is 0 Å². The molecule has 312 valence electrons. The van der Waals surface area contributed by atoms with Crippen molar-refractivity contribution >= 4 is 29.5 Å². The lowest BCUT2D eigenvalue weighted by molar-refractivity contribution is -0.135. The summed E-state index contributed by atoms with van der Waals surface area (Å²) in [6.07, 6.45) is 13.8. The molecule has 5 aliphatic rings. The Bertz CT molecular complexity index is 1920. The second kappa shape index (κ2) is 20.4. The van der Waals surface area contributed by atoms with Crippen molar-refractivity contribution in [2.75, 3.05) is 52.5 Å². The van der Waals surface area contributed by atoms with E-state index in [1.54, 1.807) is 0 Å². The predicted molar refractivity (Wildman–Crippen MR) is 223 cm³/mol. The second-order valence-electron chi connectivity index (χ2n) is 15.9. The highest BCUT2D eigenvalue weighted by molar-refractivity contribution is 5.96. The summed E-state index contributed by atoms with van der Waals surface area (Å²) in [7, 11) is 0. The molecule has 0 saturated carbocycles. The normalized spacial score (nSPS) is 26.4. The SMILES string of the molecule is O=C(CN1CCC(N2CCOCC2)CC1)NC1CC(=O)N[C@@H](CC2=CNC3C=CC=CC=C23)C(=O)N[C@@H](Cc2ccccc2)C(=O)N[C@H](Cc2ccccc2)CNC1=O. The Hall–Kier alpha value is -5.57. The maximum atomic E-state index is 14.4. The molecule has 5 amide bonds. The number of amides is 5. The van der Waals surface area contributed by atoms with Crippen LogP contribution in [0.2, 0.25) is 0 Å². The minimum absolute atomic E-state index is 0.0253. The number of hydrogen-bond donors (Lipinski definition) is 6. The van der Waals surface area contributed by atoms with Crippen LogP contribution in [-0.4, -0.2) is 128 Å². The monoisotopic (exact) mass is 804 g/mol. The molecule has 0 spiro atoms. The van der Waals surface area contributed by atoms with Crippen LogP contribution in [0.3, 0.4) is 0 Å². The highest BCUT2D eigenvalue weighted by Crippen LogP contribution is 2.27. The summed E-state index contributed by atoms with van der Waals surface area (Å²) >= 11 is 0. The second-order valence-corrected chi connectivity index (χ2v) is 15.9. The standard InChI is InChI=1S/C45H56N8O6/c54-41-27-40(50-42(55)30-52-18-16-35(17-19-52)53-20-22-59-23-21-53)43(56)47-29-34(24-31-10-4-1-5-11-31)48-44(57)38(25-32-12-6-2-7-13-32)51-45(58)39(49-41)26-33-28-46-37-15-9-3-8-14-36(33)37/h1-15,28,34-35,37-40,46H,16-27,29-30H2,(H,47,56)(H,48,57)(H,49,54)(H,50,55)(H,51,58)/t34-,37?,38+,39+,40?/m1/s1. The molecule has 59 heavy (non-hydrogen) atoms. The molecule has 6 N–H and O–H groups in total. The van der Waals surface area contributed by atoms with Gasteiger partial charge in [0.1, 0.15) is 18.1 Å². The van der Waals surface area contributed by atoms with Gasteiger partial charge in [0.25, 0.3) is 0 Å². The lowest BCUT2D eigenvalue weighted by atomic mass is 9.95. The number of piperidine rings is 1. The maximum absolute atomic E-state index is 14.4. The number of ether oxygens (including phenoxy) is 1. The van der Waals surface area contributed by atoms with Crippen molar-refractivity contribution in [1.29, 1.82) is 0 Å². The van der Waals surface area contributed by atoms with Crippen molar-refractivity contribution in [2.45, 2.75) is 74.8 Å². The van der Waals surface area contributed by atoms with Crippen LogP contribution in [0.4, 0.5) is 0 Å². The highest BCUT2D eigenvalue weighted by Gasteiger charge is 2.34. The van der Waals surface area contributed by atoms with Gasteiger partial charge in [-0.15, -0.1) is 0 Å². The third-order valence-corrected chi connectivity index (χ3v) is 11.7. The Balaban J connectivity index is 1.11. The quantitative estimate of drug-likeness (QED) is 0.205. The van der Waals surface area contributed by atoms with Crippen LogP contribution in [0, 0.1) is 0 Å². The fraction of sp³-hybridized carbons (Fsp3) is 0.444. The van der Waals surface area contributed by atoms with Crippen LogP contribution in [0.1, 0.15) is 36.8 Å². The molecule has 4 heterocycles. The van der Waals surface area contributed by atoms with Crippen LogP contribution in [0.25, 0.3) is 0 Å². The maximum Gasteiger partial charge on any atom is 0.243 e. The largest absolute Gasteiger partial charge is 0.380 e. The van der Waals surface area contributed by atoms with Crippen molar-refractivity contribution in [3.05, 3.63) is 120 Å². The summed E-state index contributed by atoms with van der Waals surface area (Å²) in [5.74, 6) is -2.48. The number of fused-ring (bicyclic) bond motifs is 1. The van der Waals surface area contributed by atoms with E-state index in [2.05, 4.69) is 41.7 Å². The zero-order valence-electron chi connectivity index (χ0n) is 33.4. The van der Waals surface area contributed by atoms with Gasteiger partial charge in [0.05, 0.1) is 38.3 Å². The van der Waals surface area contributed by atoms with Crippen molar-refractivity contribution in [1.82, 2.24) is 41.7 Å². The number of allylic oxidation sites excluding steroid dienone is 4. The Morgan fingerprint density at radius 1 is 0.746 bits per heavy atom. The van der Waals surface area contributed by atoms with Gasteiger partial charge in [-0.1, -0.05) is 91.0 Å². The van der Waals surface area contributed by atoms with Gasteiger partial charge in [-0.25, -0.2) is 0 Å². The Morgan fingerprint density at radius 2 is 1.42 bits per heavy atom. The minimum Gasteiger partial charge on any atom is -0.380 e. The van der Waals surface area contributed by atoms with Gasteiger partial charge >= 0.3 is 0 Å². The summed E-state index contributed by atoms with van der Waals surface area (Å²) in [5.41, 5.74) is 3.56. The molecule has 3 saturated heterocycles. The van der Waals surface area contributed by atoms with E-state index < -0.39 is 54.2 Å². The molecule has 2 aromatic rings. The first-order valence-electron chi connectivity index (χ1n) is 20.9. The van der Waals surface area contributed by atoms with Gasteiger partial charge < -0.3 is 36.6 Å². The van der Waals surface area contributed by atoms with E-state index in [0.29, 0.717) is 12.5 Å². The highest BCUT2D eigenvalue weighted by atomic mass is 16.5. The number of nitrogens with zero attached hydrogens (tertiary/aromatic N) is 2. The van der Waals surface area contributed by atoms with E-state index in [-0.39, 0.29) is 37.9 Å². The zero-order chi connectivity index (χ0) is 41.0. The molecule has 3 fully saturated rings. The van der Waals surface area contributed by atoms with Crippen LogP contribution >= 0.6 is 0 Å². The van der Waals surface area contributed by atoms with E-state index >= 15 is 0 Å². The smallest absolute Gasteiger partial charge is 0.243 e. The van der Waals surface area contributed by atoms with Crippen molar-refractivity contribution in [3.8, 4) is 0 Å². The molecule has 2 aromatic carbocycles. The molecule has 7 rings (SSSR count). The number of hydrogen-bond acceptors (Lipinski definition) is 9. The molecule has 2 unspecified atom stereocenters. The third kappa shape index (κ3) is 11.8. The number of carbonyl (C=O) groups is 5. The average Bonchev–Trinajstić information content (AvgIpc) is 3.46. The van der Waals surface area contributed by atoms with E-state index in [0.717, 1.165) is 74.5 Å². The van der Waals surface area contributed by atoms with Gasteiger partial charge in [0.2, 0.25) is 29.5 Å². The van der Waals surface area contributed by atoms with Crippen molar-refractivity contribution in [3.63, 3.8) is 0 Å². The first-order valence-corrected chi connectivity index (χ1v) is 20.9. The average molecular weight is 805 g/mol. The number of carbonyl (C=O) groups excluding carboxylic acids is 5. The topological polar surface area (TPSA) is 173 Å². The molecule has 0 aromatic heterocycles.